The zero-order chi connectivity index (χ0) is 18.0. The lowest BCUT2D eigenvalue weighted by molar-refractivity contribution is -0.120. The van der Waals surface area contributed by atoms with Gasteiger partial charge in [-0.05, 0) is 42.8 Å². The van der Waals surface area contributed by atoms with E-state index >= 15 is 0 Å². The van der Waals surface area contributed by atoms with Gasteiger partial charge in [-0.3, -0.25) is 4.79 Å². The number of likely N-dealkylation sites (N-methyl/N-ethyl adjacent to an activating group) is 1. The van der Waals surface area contributed by atoms with Gasteiger partial charge in [0.2, 0.25) is 5.91 Å². The number of benzene rings is 1. The molecule has 2 aromatic rings. The first kappa shape index (κ1) is 17.5. The lowest BCUT2D eigenvalue weighted by Gasteiger charge is -2.35. The fourth-order valence-electron chi connectivity index (χ4n) is 2.69. The molecule has 1 fully saturated rings. The van der Waals surface area contributed by atoms with Crippen LogP contribution < -0.4 is 14.8 Å². The van der Waals surface area contributed by atoms with Crippen LogP contribution in [0.3, 0.4) is 0 Å². The van der Waals surface area contributed by atoms with Gasteiger partial charge in [0, 0.05) is 12.7 Å². The number of ether oxygens (including phenoxy) is 1. The number of hydrogen-bond donors (Lipinski definition) is 2. The molecule has 1 aliphatic heterocycles. The highest BCUT2D eigenvalue weighted by atomic mass is 32.2. The molecule has 1 aliphatic rings. The van der Waals surface area contributed by atoms with Crippen LogP contribution in [0, 0.1) is 0 Å². The molecule has 3 rings (SSSR count). The van der Waals surface area contributed by atoms with E-state index in [1.165, 1.54) is 13.3 Å². The fraction of sp³-hybridized carbons (Fsp3) is 0.312. The van der Waals surface area contributed by atoms with Crippen molar-refractivity contribution in [1.82, 2.24) is 9.03 Å². The summed E-state index contributed by atoms with van der Waals surface area (Å²) in [6, 6.07) is 8.71. The Balaban J connectivity index is 1.79. The molecule has 0 radical (unpaired) electrons. The molecule has 1 aromatic carbocycles. The number of hydrogen-bond acceptors (Lipinski definition) is 5. The summed E-state index contributed by atoms with van der Waals surface area (Å²) < 4.78 is 38.5. The fourth-order valence-corrected chi connectivity index (χ4v) is 3.94. The molecular formula is C16H19N3O5S. The Kier molecular flexibility index (Phi) is 4.80. The van der Waals surface area contributed by atoms with Crippen molar-refractivity contribution in [3.8, 4) is 5.75 Å². The Bertz CT molecular complexity index is 833. The van der Waals surface area contributed by atoms with E-state index in [2.05, 4.69) is 10.0 Å². The van der Waals surface area contributed by atoms with E-state index in [-0.39, 0.29) is 6.42 Å². The van der Waals surface area contributed by atoms with Crippen molar-refractivity contribution in [2.24, 2.45) is 0 Å². The molecule has 0 aliphatic carbocycles. The highest BCUT2D eigenvalue weighted by molar-refractivity contribution is 7.87. The number of nitrogens with zero attached hydrogens (tertiary/aromatic N) is 1. The SMILES string of the molecule is COc1ccc(NC(=O)[C@H]2C[C@@H](c3ccco3)NS(=O)(=O)N2C)cc1. The number of methoxy groups -OCH3 is 1. The van der Waals surface area contributed by atoms with E-state index in [4.69, 9.17) is 9.15 Å². The maximum absolute atomic E-state index is 12.6. The summed E-state index contributed by atoms with van der Waals surface area (Å²) in [6.07, 6.45) is 1.72. The molecule has 0 saturated carbocycles. The number of carbonyl (C=O) groups excluding carboxylic acids is 1. The summed E-state index contributed by atoms with van der Waals surface area (Å²) in [5.41, 5.74) is 0.560. The molecule has 134 valence electrons. The molecular weight excluding hydrogens is 346 g/mol. The number of nitrogens with one attached hydrogen (secondary N) is 2. The standard InChI is InChI=1S/C16H19N3O5S/c1-19-14(16(20)17-11-5-7-12(23-2)8-6-11)10-13(18-25(19,21)22)15-4-3-9-24-15/h3-9,13-14,18H,10H2,1-2H3,(H,17,20)/t13-,14+/m0/s1. The lowest BCUT2D eigenvalue weighted by Crippen LogP contribution is -2.55. The van der Waals surface area contributed by atoms with Crippen molar-refractivity contribution in [2.45, 2.75) is 18.5 Å². The first-order chi connectivity index (χ1) is 11.9. The molecule has 0 bridgehead atoms. The van der Waals surface area contributed by atoms with E-state index in [0.29, 0.717) is 17.2 Å². The minimum atomic E-state index is -3.79. The van der Waals surface area contributed by atoms with Gasteiger partial charge < -0.3 is 14.5 Å². The zero-order valence-corrected chi connectivity index (χ0v) is 14.6. The Hall–Kier alpha value is -2.36. The summed E-state index contributed by atoms with van der Waals surface area (Å²) in [5.74, 6) is 0.727. The Morgan fingerprint density at radius 1 is 1.32 bits per heavy atom. The molecule has 8 nitrogen and oxygen atoms in total. The van der Waals surface area contributed by atoms with Gasteiger partial charge >= 0.3 is 0 Å². The normalized spacial score (nSPS) is 23.1. The molecule has 2 heterocycles. The predicted octanol–water partition coefficient (Wildman–Crippen LogP) is 1.51. The van der Waals surface area contributed by atoms with E-state index in [1.54, 1.807) is 43.5 Å². The molecule has 9 heteroatoms. The van der Waals surface area contributed by atoms with Crippen molar-refractivity contribution < 1.29 is 22.4 Å². The second kappa shape index (κ2) is 6.87. The van der Waals surface area contributed by atoms with Crippen molar-refractivity contribution >= 4 is 21.8 Å². The third kappa shape index (κ3) is 3.68. The van der Waals surface area contributed by atoms with Crippen LogP contribution in [0.25, 0.3) is 0 Å². The molecule has 2 N–H and O–H groups in total. The predicted molar refractivity (Wildman–Crippen MR) is 91.3 cm³/mol. The maximum atomic E-state index is 12.6. The lowest BCUT2D eigenvalue weighted by atomic mass is 10.0. The van der Waals surface area contributed by atoms with Crippen LogP contribution in [-0.2, 0) is 15.0 Å². The molecule has 1 saturated heterocycles. The van der Waals surface area contributed by atoms with Crippen molar-refractivity contribution in [3.63, 3.8) is 0 Å². The number of anilines is 1. The Labute approximate surface area is 145 Å². The van der Waals surface area contributed by atoms with E-state index in [0.717, 1.165) is 4.31 Å². The highest BCUT2D eigenvalue weighted by Crippen LogP contribution is 2.28. The van der Waals surface area contributed by atoms with Crippen LogP contribution >= 0.6 is 0 Å². The van der Waals surface area contributed by atoms with E-state index in [9.17, 15) is 13.2 Å². The summed E-state index contributed by atoms with van der Waals surface area (Å²) in [7, 11) is -0.865. The van der Waals surface area contributed by atoms with E-state index in [1.807, 2.05) is 0 Å². The summed E-state index contributed by atoms with van der Waals surface area (Å²) in [6.45, 7) is 0. The minimum Gasteiger partial charge on any atom is -0.497 e. The van der Waals surface area contributed by atoms with Gasteiger partial charge in [-0.25, -0.2) is 0 Å². The number of rotatable bonds is 4. The number of furan rings is 1. The molecule has 0 spiro atoms. The summed E-state index contributed by atoms with van der Waals surface area (Å²) in [5, 5.41) is 2.74. The topological polar surface area (TPSA) is 101 Å². The van der Waals surface area contributed by atoms with Gasteiger partial charge in [-0.2, -0.15) is 17.4 Å². The van der Waals surface area contributed by atoms with Crippen LogP contribution in [0.2, 0.25) is 0 Å². The maximum Gasteiger partial charge on any atom is 0.280 e. The molecule has 1 amide bonds. The second-order valence-electron chi connectivity index (χ2n) is 5.68. The van der Waals surface area contributed by atoms with Gasteiger partial charge in [0.05, 0.1) is 19.4 Å². The summed E-state index contributed by atoms with van der Waals surface area (Å²) in [4.78, 5) is 12.6. The van der Waals surface area contributed by atoms with Gasteiger partial charge in [0.1, 0.15) is 17.6 Å². The van der Waals surface area contributed by atoms with Gasteiger partial charge in [0.15, 0.2) is 0 Å². The number of carbonyl (C=O) groups is 1. The van der Waals surface area contributed by atoms with Crippen molar-refractivity contribution in [1.29, 1.82) is 0 Å². The van der Waals surface area contributed by atoms with Crippen LogP contribution in [0.5, 0.6) is 5.75 Å². The average molecular weight is 365 g/mol. The van der Waals surface area contributed by atoms with Crippen LogP contribution in [0.1, 0.15) is 18.2 Å². The molecule has 25 heavy (non-hydrogen) atoms. The molecule has 2 atom stereocenters. The van der Waals surface area contributed by atoms with Gasteiger partial charge in [0.25, 0.3) is 10.2 Å². The third-order valence-corrected chi connectivity index (χ3v) is 5.71. The first-order valence-corrected chi connectivity index (χ1v) is 9.08. The average Bonchev–Trinajstić information content (AvgIpc) is 3.12. The minimum absolute atomic E-state index is 0.255. The van der Waals surface area contributed by atoms with Crippen LogP contribution in [0.15, 0.2) is 47.1 Å². The molecule has 1 aromatic heterocycles. The van der Waals surface area contributed by atoms with Crippen LogP contribution in [-0.4, -0.2) is 38.8 Å². The van der Waals surface area contributed by atoms with Crippen LogP contribution in [0.4, 0.5) is 5.69 Å². The second-order valence-corrected chi connectivity index (χ2v) is 7.44. The van der Waals surface area contributed by atoms with E-state index < -0.39 is 28.2 Å². The van der Waals surface area contributed by atoms with Crippen molar-refractivity contribution in [2.75, 3.05) is 19.5 Å². The highest BCUT2D eigenvalue weighted by Gasteiger charge is 2.41. The number of amides is 1. The van der Waals surface area contributed by atoms with Gasteiger partial charge in [-0.15, -0.1) is 0 Å². The third-order valence-electron chi connectivity index (χ3n) is 4.12. The smallest absolute Gasteiger partial charge is 0.280 e. The van der Waals surface area contributed by atoms with Crippen molar-refractivity contribution in [3.05, 3.63) is 48.4 Å². The Morgan fingerprint density at radius 2 is 2.04 bits per heavy atom. The zero-order valence-electron chi connectivity index (χ0n) is 13.8. The monoisotopic (exact) mass is 365 g/mol. The quantitative estimate of drug-likeness (QED) is 0.855. The molecule has 0 unspecified atom stereocenters. The largest absolute Gasteiger partial charge is 0.497 e. The Morgan fingerprint density at radius 3 is 2.64 bits per heavy atom. The van der Waals surface area contributed by atoms with Gasteiger partial charge in [-0.1, -0.05) is 0 Å². The first-order valence-electron chi connectivity index (χ1n) is 7.64. The summed E-state index contributed by atoms with van der Waals surface area (Å²) >= 11 is 0.